The molecule has 6 nitrogen and oxygen atoms in total. The summed E-state index contributed by atoms with van der Waals surface area (Å²) in [6, 6.07) is 15.3. The molecular formula is C17H15FN2O4S. The van der Waals surface area contributed by atoms with Gasteiger partial charge in [-0.2, -0.15) is 9.57 Å². The van der Waals surface area contributed by atoms with Gasteiger partial charge in [-0.15, -0.1) is 0 Å². The lowest BCUT2D eigenvalue weighted by atomic mass is 10.2. The topological polar surface area (TPSA) is 87.5 Å². The Kier molecular flexibility index (Phi) is 6.08. The quantitative estimate of drug-likeness (QED) is 0.788. The molecule has 0 saturated carbocycles. The van der Waals surface area contributed by atoms with E-state index < -0.39 is 27.7 Å². The van der Waals surface area contributed by atoms with Crippen molar-refractivity contribution in [3.8, 4) is 6.07 Å². The fourth-order valence-corrected chi connectivity index (χ4v) is 2.93. The number of rotatable bonds is 6. The van der Waals surface area contributed by atoms with E-state index in [1.54, 1.807) is 30.3 Å². The van der Waals surface area contributed by atoms with Gasteiger partial charge in [0.25, 0.3) is 10.0 Å². The summed E-state index contributed by atoms with van der Waals surface area (Å²) in [4.78, 5) is 12.3. The van der Waals surface area contributed by atoms with Crippen molar-refractivity contribution in [3.05, 3.63) is 71.5 Å². The molecule has 0 radical (unpaired) electrons. The number of halogens is 1. The maximum atomic E-state index is 13.0. The fourth-order valence-electron chi connectivity index (χ4n) is 1.98. The van der Waals surface area contributed by atoms with E-state index in [0.29, 0.717) is 15.4 Å². The molecule has 8 heteroatoms. The van der Waals surface area contributed by atoms with Gasteiger partial charge < -0.3 is 4.74 Å². The van der Waals surface area contributed by atoms with E-state index in [1.807, 2.05) is 0 Å². The van der Waals surface area contributed by atoms with Crippen molar-refractivity contribution in [2.45, 2.75) is 13.2 Å². The maximum absolute atomic E-state index is 13.0. The summed E-state index contributed by atoms with van der Waals surface area (Å²) in [6.07, 6.45) is -1.09. The van der Waals surface area contributed by atoms with Crippen LogP contribution in [0.1, 0.15) is 11.1 Å². The van der Waals surface area contributed by atoms with Crippen LogP contribution in [0.4, 0.5) is 9.18 Å². The second-order valence-electron chi connectivity index (χ2n) is 5.09. The van der Waals surface area contributed by atoms with Crippen LogP contribution in [0.25, 0.3) is 0 Å². The molecule has 0 saturated heterocycles. The summed E-state index contributed by atoms with van der Waals surface area (Å²) in [5.41, 5.74) is 1.08. The number of sulfonamides is 1. The number of hydrogen-bond donors (Lipinski definition) is 0. The monoisotopic (exact) mass is 362 g/mol. The predicted octanol–water partition coefficient (Wildman–Crippen LogP) is 2.82. The molecule has 2 aromatic carbocycles. The van der Waals surface area contributed by atoms with Gasteiger partial charge in [0, 0.05) is 0 Å². The number of carbonyl (C=O) groups excluding carboxylic acids is 1. The average Bonchev–Trinajstić information content (AvgIpc) is 2.60. The van der Waals surface area contributed by atoms with Crippen molar-refractivity contribution in [1.82, 2.24) is 4.31 Å². The van der Waals surface area contributed by atoms with Gasteiger partial charge in [0.2, 0.25) is 0 Å². The summed E-state index contributed by atoms with van der Waals surface area (Å²) in [7, 11) is -4.18. The molecule has 0 aliphatic heterocycles. The molecule has 2 aromatic rings. The third-order valence-corrected chi connectivity index (χ3v) is 4.67. The zero-order valence-corrected chi connectivity index (χ0v) is 13.9. The van der Waals surface area contributed by atoms with E-state index in [9.17, 15) is 17.6 Å². The van der Waals surface area contributed by atoms with Crippen LogP contribution in [0, 0.1) is 17.1 Å². The summed E-state index contributed by atoms with van der Waals surface area (Å²) in [5.74, 6) is -1.35. The number of hydrogen-bond acceptors (Lipinski definition) is 5. The van der Waals surface area contributed by atoms with Crippen LogP contribution >= 0.6 is 0 Å². The number of carbonyl (C=O) groups is 1. The summed E-state index contributed by atoms with van der Waals surface area (Å²) in [5, 5.41) is 8.69. The lowest BCUT2D eigenvalue weighted by Gasteiger charge is -2.20. The molecule has 0 bridgehead atoms. The molecule has 25 heavy (non-hydrogen) atoms. The fraction of sp³-hybridized carbons (Fsp3) is 0.176. The first-order valence-corrected chi connectivity index (χ1v) is 8.86. The summed E-state index contributed by atoms with van der Waals surface area (Å²) in [6.45, 7) is -0.459. The van der Waals surface area contributed by atoms with E-state index in [2.05, 4.69) is 0 Å². The van der Waals surface area contributed by atoms with Gasteiger partial charge in [0.15, 0.2) is 5.75 Å². The Morgan fingerprint density at radius 3 is 2.32 bits per heavy atom. The van der Waals surface area contributed by atoms with Gasteiger partial charge in [-0.05, 0) is 23.3 Å². The van der Waals surface area contributed by atoms with E-state index in [-0.39, 0.29) is 13.2 Å². The highest BCUT2D eigenvalue weighted by atomic mass is 32.2. The highest BCUT2D eigenvalue weighted by Gasteiger charge is 2.29. The highest BCUT2D eigenvalue weighted by Crippen LogP contribution is 2.14. The minimum Gasteiger partial charge on any atom is -0.444 e. The Labute approximate surface area is 145 Å². The van der Waals surface area contributed by atoms with Crippen molar-refractivity contribution in [3.63, 3.8) is 0 Å². The number of ether oxygens (including phenoxy) is 1. The molecule has 130 valence electrons. The van der Waals surface area contributed by atoms with Crippen LogP contribution in [0.3, 0.4) is 0 Å². The van der Waals surface area contributed by atoms with Crippen LogP contribution in [0.5, 0.6) is 0 Å². The third-order valence-electron chi connectivity index (χ3n) is 3.23. The molecule has 0 fully saturated rings. The molecule has 0 aliphatic carbocycles. The molecule has 0 unspecified atom stereocenters. The zero-order valence-electron chi connectivity index (χ0n) is 13.1. The van der Waals surface area contributed by atoms with Crippen molar-refractivity contribution in [2.24, 2.45) is 0 Å². The van der Waals surface area contributed by atoms with Gasteiger partial charge >= 0.3 is 6.09 Å². The van der Waals surface area contributed by atoms with Crippen LogP contribution in [-0.2, 0) is 27.9 Å². The van der Waals surface area contributed by atoms with Crippen LogP contribution in [0.2, 0.25) is 0 Å². The van der Waals surface area contributed by atoms with Gasteiger partial charge in [0.05, 0.1) is 12.6 Å². The zero-order chi connectivity index (χ0) is 18.3. The molecule has 0 atom stereocenters. The molecule has 0 aliphatic rings. The van der Waals surface area contributed by atoms with E-state index in [1.165, 1.54) is 18.2 Å². The highest BCUT2D eigenvalue weighted by molar-refractivity contribution is 7.89. The van der Waals surface area contributed by atoms with Crippen molar-refractivity contribution in [1.29, 1.82) is 5.26 Å². The molecule has 0 spiro atoms. The largest absolute Gasteiger partial charge is 0.444 e. The second-order valence-corrected chi connectivity index (χ2v) is 6.98. The van der Waals surface area contributed by atoms with Crippen molar-refractivity contribution < 1.29 is 22.3 Å². The van der Waals surface area contributed by atoms with Crippen LogP contribution in [-0.4, -0.2) is 24.6 Å². The van der Waals surface area contributed by atoms with E-state index in [0.717, 1.165) is 12.1 Å². The second kappa shape index (κ2) is 8.26. The van der Waals surface area contributed by atoms with Crippen molar-refractivity contribution in [2.75, 3.05) is 5.75 Å². The number of benzene rings is 2. The summed E-state index contributed by atoms with van der Waals surface area (Å²) >= 11 is 0. The summed E-state index contributed by atoms with van der Waals surface area (Å²) < 4.78 is 42.9. The van der Waals surface area contributed by atoms with Crippen LogP contribution < -0.4 is 0 Å². The Hall–Kier alpha value is -2.92. The van der Waals surface area contributed by atoms with Gasteiger partial charge in [0.1, 0.15) is 12.4 Å². The number of nitrogens with zero attached hydrogens (tertiary/aromatic N) is 2. The number of nitriles is 1. The first-order valence-electron chi connectivity index (χ1n) is 7.25. The lowest BCUT2D eigenvalue weighted by Crippen LogP contribution is -2.38. The Morgan fingerprint density at radius 1 is 1.08 bits per heavy atom. The van der Waals surface area contributed by atoms with Gasteiger partial charge in [-0.25, -0.2) is 17.6 Å². The Bertz CT molecular complexity index is 862. The molecule has 2 rings (SSSR count). The van der Waals surface area contributed by atoms with Crippen LogP contribution in [0.15, 0.2) is 54.6 Å². The maximum Gasteiger partial charge on any atom is 0.424 e. The molecule has 0 N–H and O–H groups in total. The standard InChI is InChI=1S/C17H15FN2O4S/c18-16-8-6-14(7-9-16)12-20(25(22,23)11-10-19)17(21)24-13-15-4-2-1-3-5-15/h1-9H,11-13H2. The molecule has 1 amide bonds. The van der Waals surface area contributed by atoms with Gasteiger partial charge in [-0.1, -0.05) is 42.5 Å². The third kappa shape index (κ3) is 5.29. The molecular weight excluding hydrogens is 347 g/mol. The smallest absolute Gasteiger partial charge is 0.424 e. The first-order chi connectivity index (χ1) is 11.9. The van der Waals surface area contributed by atoms with E-state index in [4.69, 9.17) is 10.00 Å². The first kappa shape index (κ1) is 18.4. The minimum absolute atomic E-state index is 0.109. The van der Waals surface area contributed by atoms with Gasteiger partial charge in [-0.3, -0.25) is 0 Å². The minimum atomic E-state index is -4.18. The van der Waals surface area contributed by atoms with E-state index >= 15 is 0 Å². The number of amides is 1. The average molecular weight is 362 g/mol. The van der Waals surface area contributed by atoms with Crippen molar-refractivity contribution >= 4 is 16.1 Å². The lowest BCUT2D eigenvalue weighted by molar-refractivity contribution is 0.117. The Morgan fingerprint density at radius 2 is 1.72 bits per heavy atom. The normalized spacial score (nSPS) is 10.7. The molecule has 0 aromatic heterocycles. The predicted molar refractivity (Wildman–Crippen MR) is 88.0 cm³/mol. The molecule has 0 heterocycles. The Balaban J connectivity index is 2.17. The SMILES string of the molecule is N#CCS(=O)(=O)N(Cc1ccc(F)cc1)C(=O)OCc1ccccc1.